The van der Waals surface area contributed by atoms with E-state index < -0.39 is 21.9 Å². The van der Waals surface area contributed by atoms with Crippen LogP contribution < -0.4 is 4.74 Å². The normalized spacial score (nSPS) is 18.0. The minimum Gasteiger partial charge on any atom is -0.508 e. The number of phenols is 1. The molecule has 2 atom stereocenters. The number of hydrogen-bond donors (Lipinski definition) is 3. The van der Waals surface area contributed by atoms with E-state index in [1.54, 1.807) is 0 Å². The molecule has 3 N–H and O–H groups in total. The number of carboxylic acids is 1. The number of carbonyl (C=O) groups is 2. The quantitative estimate of drug-likeness (QED) is 0.191. The van der Waals surface area contributed by atoms with E-state index >= 15 is 0 Å². The van der Waals surface area contributed by atoms with E-state index in [1.165, 1.54) is 70.2 Å². The zero-order valence-corrected chi connectivity index (χ0v) is 20.7. The molecule has 1 aromatic carbocycles. The highest BCUT2D eigenvalue weighted by Crippen LogP contribution is 2.41. The Labute approximate surface area is 204 Å². The Hall–Kier alpha value is -2.66. The van der Waals surface area contributed by atoms with Crippen molar-refractivity contribution in [2.45, 2.75) is 76.4 Å². The van der Waals surface area contributed by atoms with Gasteiger partial charge in [-0.2, -0.15) is 4.79 Å². The van der Waals surface area contributed by atoms with Crippen molar-refractivity contribution in [3.05, 3.63) is 23.8 Å². The first-order valence-electron chi connectivity index (χ1n) is 11.8. The Bertz CT molecular complexity index is 894. The number of aliphatic carboxylic acids is 1. The van der Waals surface area contributed by atoms with Crippen LogP contribution in [0.2, 0.25) is 0 Å². The second kappa shape index (κ2) is 13.9. The molecule has 0 aromatic heterocycles. The largest absolute Gasteiger partial charge is 0.549 e. The lowest BCUT2D eigenvalue weighted by Gasteiger charge is -2.20. The fourth-order valence-corrected chi connectivity index (χ4v) is 4.53. The van der Waals surface area contributed by atoms with E-state index in [2.05, 4.69) is 22.5 Å². The van der Waals surface area contributed by atoms with Gasteiger partial charge in [0.15, 0.2) is 0 Å². The van der Waals surface area contributed by atoms with E-state index in [-0.39, 0.29) is 16.5 Å². The number of amides is 1. The van der Waals surface area contributed by atoms with Gasteiger partial charge in [0.1, 0.15) is 23.8 Å². The van der Waals surface area contributed by atoms with Crippen molar-refractivity contribution in [3.8, 4) is 11.5 Å². The Balaban J connectivity index is 1.91. The molecular formula is C23H35N4O6S+. The van der Waals surface area contributed by atoms with Crippen LogP contribution in [0, 0.1) is 0 Å². The average molecular weight is 496 g/mol. The van der Waals surface area contributed by atoms with Gasteiger partial charge < -0.3 is 20.1 Å². The maximum Gasteiger partial charge on any atom is 0.549 e. The number of nitrogens with zero attached hydrogens (tertiary/aromatic N) is 4. The molecule has 2 unspecified atom stereocenters. The van der Waals surface area contributed by atoms with Crippen molar-refractivity contribution < 1.29 is 34.2 Å². The van der Waals surface area contributed by atoms with Crippen molar-refractivity contribution in [2.75, 3.05) is 13.7 Å². The van der Waals surface area contributed by atoms with Crippen LogP contribution >= 0.6 is 11.8 Å². The van der Waals surface area contributed by atoms with Crippen molar-refractivity contribution in [2.24, 2.45) is 15.5 Å². The Morgan fingerprint density at radius 1 is 1.03 bits per heavy atom. The van der Waals surface area contributed by atoms with Crippen molar-refractivity contribution in [1.29, 1.82) is 0 Å². The standard InChI is InChI=1S/C23H34N4O6S/c1-3-4-5-6-7-8-9-10-11-12-15-33-19-14-13-17(28)16-18(19)20(21(29)30)34-22-24-25-26-27(22,2)23(31)32/h13-14,16,20H,3-12,15H2,1-2H3,(H2-,28,29,30,31,32)/p+1. The maximum absolute atomic E-state index is 12.1. The Morgan fingerprint density at radius 3 is 2.24 bits per heavy atom. The molecule has 11 heteroatoms. The van der Waals surface area contributed by atoms with Crippen molar-refractivity contribution in [1.82, 2.24) is 0 Å². The molecule has 0 spiro atoms. The molecule has 2 rings (SSSR count). The minimum atomic E-state index is -1.34. The summed E-state index contributed by atoms with van der Waals surface area (Å²) in [5.41, 5.74) is 0.219. The highest BCUT2D eigenvalue weighted by molar-refractivity contribution is 8.14. The van der Waals surface area contributed by atoms with E-state index in [9.17, 15) is 24.9 Å². The molecule has 0 saturated carbocycles. The molecule has 0 saturated heterocycles. The van der Waals surface area contributed by atoms with Gasteiger partial charge in [-0.25, -0.2) is 0 Å². The summed E-state index contributed by atoms with van der Waals surface area (Å²) < 4.78 is 4.87. The predicted octanol–water partition coefficient (Wildman–Crippen LogP) is 6.33. The summed E-state index contributed by atoms with van der Waals surface area (Å²) in [5.74, 6) is -1.03. The highest BCUT2D eigenvalue weighted by Gasteiger charge is 2.47. The number of amidine groups is 1. The van der Waals surface area contributed by atoms with Gasteiger partial charge in [0.05, 0.1) is 11.8 Å². The van der Waals surface area contributed by atoms with Gasteiger partial charge in [0, 0.05) is 10.8 Å². The molecular weight excluding hydrogens is 460 g/mol. The fourth-order valence-electron chi connectivity index (χ4n) is 3.51. The number of phenolic OH excluding ortho intramolecular Hbond substituents is 1. The zero-order valence-electron chi connectivity index (χ0n) is 19.9. The molecule has 1 aliphatic heterocycles. The van der Waals surface area contributed by atoms with E-state index in [4.69, 9.17) is 4.74 Å². The van der Waals surface area contributed by atoms with Gasteiger partial charge in [-0.1, -0.05) is 69.8 Å². The number of hydrogen-bond acceptors (Lipinski definition) is 8. The van der Waals surface area contributed by atoms with Crippen molar-refractivity contribution >= 4 is 29.0 Å². The maximum atomic E-state index is 12.1. The van der Waals surface area contributed by atoms with E-state index in [0.29, 0.717) is 24.1 Å². The molecule has 1 aromatic rings. The number of ether oxygens (including phenoxy) is 1. The molecule has 1 heterocycles. The number of benzene rings is 1. The second-order valence-electron chi connectivity index (χ2n) is 8.39. The number of thioether (sulfide) groups is 1. The summed E-state index contributed by atoms with van der Waals surface area (Å²) in [6, 6.07) is 4.26. The molecule has 1 amide bonds. The Kier molecular flexibility index (Phi) is 11.3. The van der Waals surface area contributed by atoms with Gasteiger partial charge in [-0.15, -0.1) is 0 Å². The second-order valence-corrected chi connectivity index (χ2v) is 9.46. The lowest BCUT2D eigenvalue weighted by Crippen LogP contribution is -2.45. The summed E-state index contributed by atoms with van der Waals surface area (Å²) in [7, 11) is 1.24. The summed E-state index contributed by atoms with van der Waals surface area (Å²) in [5, 5.41) is 38.5. The van der Waals surface area contributed by atoms with Gasteiger partial charge >= 0.3 is 17.2 Å². The van der Waals surface area contributed by atoms with Crippen LogP contribution in [0.25, 0.3) is 0 Å². The van der Waals surface area contributed by atoms with Crippen LogP contribution in [0.3, 0.4) is 0 Å². The van der Waals surface area contributed by atoms with Crippen LogP contribution in [0.4, 0.5) is 4.79 Å². The molecule has 10 nitrogen and oxygen atoms in total. The van der Waals surface area contributed by atoms with Gasteiger partial charge in [0.25, 0.3) is 0 Å². The molecule has 0 aliphatic carbocycles. The van der Waals surface area contributed by atoms with Crippen LogP contribution in [-0.2, 0) is 4.79 Å². The summed E-state index contributed by atoms with van der Waals surface area (Å²) in [6.45, 7) is 2.63. The molecule has 188 valence electrons. The molecule has 1 aliphatic rings. The number of aromatic hydroxyl groups is 1. The third-order valence-electron chi connectivity index (χ3n) is 5.57. The number of unbranched alkanes of at least 4 members (excludes halogenated alkanes) is 9. The summed E-state index contributed by atoms with van der Waals surface area (Å²) in [6.07, 6.45) is 10.6. The van der Waals surface area contributed by atoms with E-state index in [0.717, 1.165) is 19.3 Å². The minimum absolute atomic E-state index is 0.108. The monoisotopic (exact) mass is 495 g/mol. The zero-order chi connectivity index (χ0) is 25.0. The highest BCUT2D eigenvalue weighted by atomic mass is 32.2. The number of quaternary nitrogens is 1. The smallest absolute Gasteiger partial charge is 0.508 e. The molecule has 0 radical (unpaired) electrons. The van der Waals surface area contributed by atoms with Gasteiger partial charge in [-0.05, 0) is 41.0 Å². The average Bonchev–Trinajstić information content (AvgIpc) is 3.18. The lowest BCUT2D eigenvalue weighted by atomic mass is 10.1. The van der Waals surface area contributed by atoms with Crippen LogP contribution in [0.1, 0.15) is 81.9 Å². The van der Waals surface area contributed by atoms with Crippen molar-refractivity contribution in [3.63, 3.8) is 0 Å². The van der Waals surface area contributed by atoms with Crippen LogP contribution in [0.5, 0.6) is 11.5 Å². The molecule has 34 heavy (non-hydrogen) atoms. The summed E-state index contributed by atoms with van der Waals surface area (Å²) >= 11 is 0.695. The third-order valence-corrected chi connectivity index (χ3v) is 6.91. The topological polar surface area (TPSA) is 141 Å². The fraction of sp³-hybridized carbons (Fsp3) is 0.609. The van der Waals surface area contributed by atoms with E-state index in [1.807, 2.05) is 0 Å². The SMILES string of the molecule is CCCCCCCCCCCCOc1ccc(O)cc1C(SC1=NN=N[N+]1(C)C(=O)O)C(=O)O. The first kappa shape index (κ1) is 27.6. The number of carboxylic acid groups (broad SMARTS) is 2. The van der Waals surface area contributed by atoms with Gasteiger partial charge in [-0.3, -0.25) is 4.79 Å². The predicted molar refractivity (Wildman–Crippen MR) is 130 cm³/mol. The van der Waals surface area contributed by atoms with Crippen LogP contribution in [-0.4, -0.2) is 50.8 Å². The third kappa shape index (κ3) is 7.98. The lowest BCUT2D eigenvalue weighted by molar-refractivity contribution is -0.748. The first-order valence-corrected chi connectivity index (χ1v) is 12.6. The first-order chi connectivity index (χ1) is 16.3. The molecule has 0 bridgehead atoms. The van der Waals surface area contributed by atoms with Gasteiger partial charge in [0.2, 0.25) is 0 Å². The Morgan fingerprint density at radius 2 is 1.65 bits per heavy atom. The molecule has 0 fully saturated rings. The number of rotatable bonds is 15. The van der Waals surface area contributed by atoms with Crippen LogP contribution in [0.15, 0.2) is 33.7 Å². The summed E-state index contributed by atoms with van der Waals surface area (Å²) in [4.78, 5) is 23.6.